The highest BCUT2D eigenvalue weighted by molar-refractivity contribution is 7.99. The molecule has 0 radical (unpaired) electrons. The fourth-order valence-corrected chi connectivity index (χ4v) is 2.26. The predicted molar refractivity (Wildman–Crippen MR) is 66.9 cm³/mol. The van der Waals surface area contributed by atoms with Gasteiger partial charge in [-0.2, -0.15) is 0 Å². The molecule has 0 amide bonds. The van der Waals surface area contributed by atoms with Gasteiger partial charge < -0.3 is 4.79 Å². The third-order valence-electron chi connectivity index (χ3n) is 2.27. The van der Waals surface area contributed by atoms with Gasteiger partial charge in [0.25, 0.3) is 0 Å². The van der Waals surface area contributed by atoms with Crippen LogP contribution in [-0.4, -0.2) is 12.0 Å². The van der Waals surface area contributed by atoms with Crippen molar-refractivity contribution >= 4 is 29.6 Å². The lowest BCUT2D eigenvalue weighted by atomic mass is 9.86. The Kier molecular flexibility index (Phi) is 4.23. The third-order valence-corrected chi connectivity index (χ3v) is 3.65. The number of thioether (sulfide) groups is 1. The van der Waals surface area contributed by atoms with Crippen LogP contribution in [-0.2, 0) is 10.2 Å². The van der Waals surface area contributed by atoms with Crippen LogP contribution in [0.1, 0.15) is 26.3 Å². The smallest absolute Gasteiger partial charge is 0.129 e. The molecule has 0 aliphatic heterocycles. The Balaban J connectivity index is 3.06. The monoisotopic (exact) mass is 242 g/mol. The first-order valence-electron chi connectivity index (χ1n) is 4.90. The van der Waals surface area contributed by atoms with E-state index in [-0.39, 0.29) is 0 Å². The standard InChI is InChI=1S/C12H15ClOS/c1-4-15-11-6-5-9(7-10(11)13)12(2,3)8-14/h5-8H,4H2,1-3H3. The van der Waals surface area contributed by atoms with E-state index in [1.165, 1.54) is 0 Å². The summed E-state index contributed by atoms with van der Waals surface area (Å²) in [6.45, 7) is 5.86. The third kappa shape index (κ3) is 2.99. The van der Waals surface area contributed by atoms with E-state index in [1.807, 2.05) is 32.0 Å². The SMILES string of the molecule is CCSc1ccc(C(C)(C)C=O)cc1Cl. The topological polar surface area (TPSA) is 17.1 Å². The first kappa shape index (κ1) is 12.6. The zero-order valence-electron chi connectivity index (χ0n) is 9.21. The summed E-state index contributed by atoms with van der Waals surface area (Å²) in [4.78, 5) is 12.0. The molecular formula is C12H15ClOS. The molecule has 1 aromatic rings. The molecule has 0 aliphatic carbocycles. The van der Waals surface area contributed by atoms with Crippen molar-refractivity contribution in [3.63, 3.8) is 0 Å². The Morgan fingerprint density at radius 3 is 2.60 bits per heavy atom. The minimum absolute atomic E-state index is 0.459. The van der Waals surface area contributed by atoms with Gasteiger partial charge in [-0.25, -0.2) is 0 Å². The Hall–Kier alpha value is -0.470. The quantitative estimate of drug-likeness (QED) is 0.588. The van der Waals surface area contributed by atoms with Crippen molar-refractivity contribution in [2.45, 2.75) is 31.1 Å². The van der Waals surface area contributed by atoms with E-state index in [1.54, 1.807) is 11.8 Å². The van der Waals surface area contributed by atoms with Gasteiger partial charge in [-0.1, -0.05) is 24.6 Å². The van der Waals surface area contributed by atoms with Gasteiger partial charge in [-0.3, -0.25) is 0 Å². The summed E-state index contributed by atoms with van der Waals surface area (Å²) in [6, 6.07) is 5.84. The van der Waals surface area contributed by atoms with Gasteiger partial charge in [-0.05, 0) is 37.3 Å². The first-order valence-corrected chi connectivity index (χ1v) is 6.26. The van der Waals surface area contributed by atoms with E-state index in [4.69, 9.17) is 11.6 Å². The molecule has 15 heavy (non-hydrogen) atoms. The average Bonchev–Trinajstić information content (AvgIpc) is 2.21. The summed E-state index contributed by atoms with van der Waals surface area (Å²) in [6.07, 6.45) is 0.950. The summed E-state index contributed by atoms with van der Waals surface area (Å²) in [5, 5.41) is 0.731. The summed E-state index contributed by atoms with van der Waals surface area (Å²) in [7, 11) is 0. The van der Waals surface area contributed by atoms with E-state index in [2.05, 4.69) is 6.92 Å². The maximum absolute atomic E-state index is 10.9. The molecule has 1 nitrogen and oxygen atoms in total. The van der Waals surface area contributed by atoms with Crippen molar-refractivity contribution < 1.29 is 4.79 Å². The average molecular weight is 243 g/mol. The number of rotatable bonds is 4. The molecule has 0 heterocycles. The van der Waals surface area contributed by atoms with E-state index in [0.29, 0.717) is 0 Å². The van der Waals surface area contributed by atoms with E-state index < -0.39 is 5.41 Å². The maximum atomic E-state index is 10.9. The molecule has 0 bridgehead atoms. The summed E-state index contributed by atoms with van der Waals surface area (Å²) in [5.41, 5.74) is 0.502. The van der Waals surface area contributed by atoms with Crippen molar-refractivity contribution in [1.82, 2.24) is 0 Å². The lowest BCUT2D eigenvalue weighted by Crippen LogP contribution is -2.18. The van der Waals surface area contributed by atoms with Crippen LogP contribution in [0, 0.1) is 0 Å². The van der Waals surface area contributed by atoms with Crippen LogP contribution in [0.15, 0.2) is 23.1 Å². The van der Waals surface area contributed by atoms with E-state index >= 15 is 0 Å². The molecule has 0 saturated carbocycles. The molecule has 0 N–H and O–H groups in total. The van der Waals surface area contributed by atoms with Gasteiger partial charge >= 0.3 is 0 Å². The minimum Gasteiger partial charge on any atom is -0.302 e. The van der Waals surface area contributed by atoms with Crippen LogP contribution in [0.4, 0.5) is 0 Å². The van der Waals surface area contributed by atoms with Crippen LogP contribution in [0.25, 0.3) is 0 Å². The van der Waals surface area contributed by atoms with Crippen molar-refractivity contribution in [3.05, 3.63) is 28.8 Å². The number of hydrogen-bond acceptors (Lipinski definition) is 2. The maximum Gasteiger partial charge on any atom is 0.129 e. The van der Waals surface area contributed by atoms with Crippen LogP contribution in [0.2, 0.25) is 5.02 Å². The minimum atomic E-state index is -0.459. The molecule has 0 saturated heterocycles. The molecule has 3 heteroatoms. The Labute approximate surface area is 100 Å². The summed E-state index contributed by atoms with van der Waals surface area (Å²) >= 11 is 7.84. The highest BCUT2D eigenvalue weighted by Gasteiger charge is 2.20. The molecule has 0 unspecified atom stereocenters. The van der Waals surface area contributed by atoms with Gasteiger partial charge in [0.2, 0.25) is 0 Å². The van der Waals surface area contributed by atoms with Crippen LogP contribution in [0.5, 0.6) is 0 Å². The highest BCUT2D eigenvalue weighted by Crippen LogP contribution is 2.31. The Morgan fingerprint density at radius 2 is 2.13 bits per heavy atom. The zero-order chi connectivity index (χ0) is 11.5. The predicted octanol–water partition coefficient (Wildman–Crippen LogP) is 3.93. The largest absolute Gasteiger partial charge is 0.302 e. The lowest BCUT2D eigenvalue weighted by Gasteiger charge is -2.18. The number of carbonyl (C=O) groups excluding carboxylic acids is 1. The Bertz CT molecular complexity index is 361. The van der Waals surface area contributed by atoms with E-state index in [9.17, 15) is 4.79 Å². The fourth-order valence-electron chi connectivity index (χ4n) is 1.24. The first-order chi connectivity index (χ1) is 7.01. The molecule has 0 fully saturated rings. The molecule has 1 aromatic carbocycles. The second kappa shape index (κ2) is 5.04. The number of halogens is 1. The van der Waals surface area contributed by atoms with Crippen LogP contribution < -0.4 is 0 Å². The zero-order valence-corrected chi connectivity index (χ0v) is 10.8. The van der Waals surface area contributed by atoms with Crippen molar-refractivity contribution in [3.8, 4) is 0 Å². The molecule has 0 atom stereocenters. The normalized spacial score (nSPS) is 11.5. The molecule has 0 spiro atoms. The highest BCUT2D eigenvalue weighted by atomic mass is 35.5. The molecule has 0 aromatic heterocycles. The van der Waals surface area contributed by atoms with E-state index in [0.717, 1.165) is 27.5 Å². The molecular weight excluding hydrogens is 228 g/mol. The Morgan fingerprint density at radius 1 is 1.47 bits per heavy atom. The molecule has 1 rings (SSSR count). The van der Waals surface area contributed by atoms with Crippen molar-refractivity contribution in [1.29, 1.82) is 0 Å². The van der Waals surface area contributed by atoms with Crippen LogP contribution in [0.3, 0.4) is 0 Å². The van der Waals surface area contributed by atoms with Crippen molar-refractivity contribution in [2.24, 2.45) is 0 Å². The molecule has 0 aliphatic rings. The number of hydrogen-bond donors (Lipinski definition) is 0. The summed E-state index contributed by atoms with van der Waals surface area (Å²) < 4.78 is 0. The fraction of sp³-hybridized carbons (Fsp3) is 0.417. The van der Waals surface area contributed by atoms with Gasteiger partial charge in [0, 0.05) is 10.3 Å². The van der Waals surface area contributed by atoms with Gasteiger partial charge in [-0.15, -0.1) is 11.8 Å². The number of aldehydes is 1. The number of carbonyl (C=O) groups is 1. The van der Waals surface area contributed by atoms with Gasteiger partial charge in [0.1, 0.15) is 6.29 Å². The van der Waals surface area contributed by atoms with Gasteiger partial charge in [0.05, 0.1) is 5.02 Å². The lowest BCUT2D eigenvalue weighted by molar-refractivity contribution is -0.111. The second-order valence-corrected chi connectivity index (χ2v) is 5.63. The van der Waals surface area contributed by atoms with Gasteiger partial charge in [0.15, 0.2) is 0 Å². The summed E-state index contributed by atoms with van der Waals surface area (Å²) in [5.74, 6) is 0.996. The van der Waals surface area contributed by atoms with Crippen molar-refractivity contribution in [2.75, 3.05) is 5.75 Å². The number of benzene rings is 1. The van der Waals surface area contributed by atoms with Crippen LogP contribution >= 0.6 is 23.4 Å². The second-order valence-electron chi connectivity index (χ2n) is 3.92. The molecule has 82 valence electrons.